The van der Waals surface area contributed by atoms with E-state index in [1.54, 1.807) is 13.3 Å². The molecule has 5 N–H and O–H groups in total. The lowest BCUT2D eigenvalue weighted by molar-refractivity contribution is -0.141. The maximum absolute atomic E-state index is 12.9. The van der Waals surface area contributed by atoms with Gasteiger partial charge in [0.1, 0.15) is 11.8 Å². The Morgan fingerprint density at radius 3 is 2.59 bits per heavy atom. The number of hydrogen-bond donors (Lipinski definition) is 5. The summed E-state index contributed by atoms with van der Waals surface area (Å²) in [5.74, 6) is -0.598. The zero-order valence-electron chi connectivity index (χ0n) is 18.1. The maximum Gasteiger partial charge on any atom is 0.326 e. The molecule has 3 unspecified atom stereocenters. The molecule has 1 aliphatic rings. The summed E-state index contributed by atoms with van der Waals surface area (Å²) >= 11 is 0. The quantitative estimate of drug-likeness (QED) is 0.371. The van der Waals surface area contributed by atoms with Crippen LogP contribution < -0.4 is 20.9 Å². The number of benzene rings is 2. The number of H-pyrrole nitrogens is 1. The molecule has 2 heterocycles. The molecule has 0 spiro atoms. The zero-order valence-corrected chi connectivity index (χ0v) is 18.1. The number of aromatic amines is 1. The van der Waals surface area contributed by atoms with E-state index in [4.69, 9.17) is 4.74 Å². The third kappa shape index (κ3) is 4.61. The number of carboxylic acid groups (broad SMARTS) is 1. The highest BCUT2D eigenvalue weighted by Crippen LogP contribution is 2.32. The number of carbonyl (C=O) groups excluding carboxylic acids is 1. The van der Waals surface area contributed by atoms with Gasteiger partial charge in [0.05, 0.1) is 13.2 Å². The molecule has 1 fully saturated rings. The first-order valence-electron chi connectivity index (χ1n) is 10.7. The van der Waals surface area contributed by atoms with Gasteiger partial charge < -0.3 is 20.1 Å². The van der Waals surface area contributed by atoms with Gasteiger partial charge in [-0.25, -0.2) is 10.2 Å². The normalized spacial score (nSPS) is 21.4. The second kappa shape index (κ2) is 9.42. The fraction of sp³-hybridized carbons (Fsp3) is 0.333. The molecule has 1 saturated heterocycles. The summed E-state index contributed by atoms with van der Waals surface area (Å²) in [7, 11) is 1.62. The number of hydrazine groups is 1. The third-order valence-corrected chi connectivity index (χ3v) is 6.17. The van der Waals surface area contributed by atoms with Crippen LogP contribution in [0.5, 0.6) is 5.75 Å². The van der Waals surface area contributed by atoms with Crippen LogP contribution in [0.4, 0.5) is 0 Å². The minimum absolute atomic E-state index is 0.0362. The van der Waals surface area contributed by atoms with Crippen molar-refractivity contribution < 1.29 is 19.4 Å². The number of ether oxygens (including phenoxy) is 1. The van der Waals surface area contributed by atoms with E-state index in [0.717, 1.165) is 27.8 Å². The molecule has 1 aliphatic heterocycles. The van der Waals surface area contributed by atoms with E-state index in [-0.39, 0.29) is 36.8 Å². The monoisotopic (exact) mass is 436 g/mol. The van der Waals surface area contributed by atoms with Gasteiger partial charge in [-0.2, -0.15) is 0 Å². The van der Waals surface area contributed by atoms with Gasteiger partial charge in [0.2, 0.25) is 5.91 Å². The second-order valence-corrected chi connectivity index (χ2v) is 8.22. The Labute approximate surface area is 186 Å². The molecule has 3 aromatic rings. The largest absolute Gasteiger partial charge is 0.497 e. The molecule has 2 aromatic carbocycles. The molecular formula is C24H28N4O4. The number of fused-ring (bicyclic) bond motifs is 1. The second-order valence-electron chi connectivity index (χ2n) is 8.22. The molecule has 8 nitrogen and oxygen atoms in total. The van der Waals surface area contributed by atoms with E-state index in [2.05, 4.69) is 21.2 Å². The number of carbonyl (C=O) groups is 2. The number of nitrogens with one attached hydrogen (secondary N) is 4. The smallest absolute Gasteiger partial charge is 0.326 e. The first-order valence-corrected chi connectivity index (χ1v) is 10.7. The summed E-state index contributed by atoms with van der Waals surface area (Å²) in [4.78, 5) is 27.9. The van der Waals surface area contributed by atoms with E-state index in [9.17, 15) is 14.7 Å². The van der Waals surface area contributed by atoms with Gasteiger partial charge in [0.15, 0.2) is 0 Å². The molecule has 4 rings (SSSR count). The Bertz CT molecular complexity index is 1090. The standard InChI is InChI=1S/C24H28N4O4/c1-14-19(23(28-27-14)15-7-9-17(32-2)10-8-15)12-22(29)26-21(24(30)31)11-16-13-25-20-6-4-3-5-18(16)20/h3-10,13-14,19,21,23,25,27-28H,11-12H2,1-2H3,(H,26,29)(H,30,31)/t14?,19?,21-,23?/m0/s1. The van der Waals surface area contributed by atoms with Gasteiger partial charge in [0, 0.05) is 41.9 Å². The number of methoxy groups -OCH3 is 1. The van der Waals surface area contributed by atoms with Crippen molar-refractivity contribution in [2.24, 2.45) is 5.92 Å². The Morgan fingerprint density at radius 2 is 1.88 bits per heavy atom. The molecule has 4 atom stereocenters. The first-order chi connectivity index (χ1) is 15.5. The summed E-state index contributed by atoms with van der Waals surface area (Å²) in [6, 6.07) is 14.4. The molecule has 0 saturated carbocycles. The topological polar surface area (TPSA) is 115 Å². The van der Waals surface area contributed by atoms with Gasteiger partial charge >= 0.3 is 5.97 Å². The molecule has 32 heavy (non-hydrogen) atoms. The summed E-state index contributed by atoms with van der Waals surface area (Å²) in [5, 5.41) is 13.4. The summed E-state index contributed by atoms with van der Waals surface area (Å²) < 4.78 is 5.22. The predicted octanol–water partition coefficient (Wildman–Crippen LogP) is 2.53. The van der Waals surface area contributed by atoms with Crippen molar-refractivity contribution in [3.05, 3.63) is 65.9 Å². The highest BCUT2D eigenvalue weighted by molar-refractivity contribution is 5.86. The van der Waals surface area contributed by atoms with Crippen molar-refractivity contribution in [3.8, 4) is 5.75 Å². The van der Waals surface area contributed by atoms with Gasteiger partial charge in [-0.05, 0) is 36.2 Å². The predicted molar refractivity (Wildman–Crippen MR) is 121 cm³/mol. The number of rotatable bonds is 8. The molecule has 168 valence electrons. The maximum atomic E-state index is 12.9. The van der Waals surface area contributed by atoms with Crippen molar-refractivity contribution in [1.82, 2.24) is 21.2 Å². The van der Waals surface area contributed by atoms with Crippen molar-refractivity contribution in [2.45, 2.75) is 37.9 Å². The van der Waals surface area contributed by atoms with Gasteiger partial charge in [-0.1, -0.05) is 30.3 Å². The highest BCUT2D eigenvalue weighted by atomic mass is 16.5. The van der Waals surface area contributed by atoms with Crippen molar-refractivity contribution in [1.29, 1.82) is 0 Å². The average molecular weight is 437 g/mol. The summed E-state index contributed by atoms with van der Waals surface area (Å²) in [6.45, 7) is 2.01. The molecule has 1 amide bonds. The summed E-state index contributed by atoms with van der Waals surface area (Å²) in [5.41, 5.74) is 9.30. The lowest BCUT2D eigenvalue weighted by atomic mass is 9.87. The number of amides is 1. The molecule has 0 bridgehead atoms. The number of carboxylic acids is 1. The summed E-state index contributed by atoms with van der Waals surface area (Å²) in [6.07, 6.45) is 2.22. The lowest BCUT2D eigenvalue weighted by Crippen LogP contribution is -2.43. The lowest BCUT2D eigenvalue weighted by Gasteiger charge is -2.22. The molecule has 8 heteroatoms. The molecule has 0 radical (unpaired) electrons. The van der Waals surface area contributed by atoms with Crippen LogP contribution in [0.25, 0.3) is 10.9 Å². The first kappa shape index (κ1) is 21.9. The van der Waals surface area contributed by atoms with Crippen LogP contribution in [0.1, 0.15) is 30.5 Å². The minimum Gasteiger partial charge on any atom is -0.497 e. The average Bonchev–Trinajstić information content (AvgIpc) is 3.37. The highest BCUT2D eigenvalue weighted by Gasteiger charge is 2.36. The molecule has 0 aliphatic carbocycles. The van der Waals surface area contributed by atoms with E-state index in [1.165, 1.54) is 0 Å². The van der Waals surface area contributed by atoms with E-state index >= 15 is 0 Å². The van der Waals surface area contributed by atoms with Gasteiger partial charge in [0.25, 0.3) is 0 Å². The van der Waals surface area contributed by atoms with Crippen molar-refractivity contribution in [2.75, 3.05) is 7.11 Å². The Hall–Kier alpha value is -3.36. The van der Waals surface area contributed by atoms with Crippen LogP contribution in [-0.2, 0) is 16.0 Å². The van der Waals surface area contributed by atoms with Crippen LogP contribution in [0.15, 0.2) is 54.7 Å². The number of para-hydroxylation sites is 1. The van der Waals surface area contributed by atoms with Gasteiger partial charge in [-0.15, -0.1) is 0 Å². The zero-order chi connectivity index (χ0) is 22.7. The Balaban J connectivity index is 1.44. The van der Waals surface area contributed by atoms with Crippen LogP contribution in [0.2, 0.25) is 0 Å². The fourth-order valence-electron chi connectivity index (χ4n) is 4.35. The number of aliphatic carboxylic acids is 1. The minimum atomic E-state index is -1.05. The van der Waals surface area contributed by atoms with Crippen LogP contribution in [0, 0.1) is 5.92 Å². The Kier molecular flexibility index (Phi) is 6.43. The fourth-order valence-corrected chi connectivity index (χ4v) is 4.35. The van der Waals surface area contributed by atoms with Crippen LogP contribution >= 0.6 is 0 Å². The number of aromatic nitrogens is 1. The van der Waals surface area contributed by atoms with E-state index in [0.29, 0.717) is 0 Å². The van der Waals surface area contributed by atoms with E-state index in [1.807, 2.05) is 55.5 Å². The molecule has 1 aromatic heterocycles. The van der Waals surface area contributed by atoms with Crippen LogP contribution in [-0.4, -0.2) is 41.2 Å². The SMILES string of the molecule is COc1ccc(C2NNC(C)C2CC(=O)N[C@@H](Cc2c[nH]c3ccccc23)C(=O)O)cc1. The van der Waals surface area contributed by atoms with Gasteiger partial charge in [-0.3, -0.25) is 10.2 Å². The number of hydrogen-bond acceptors (Lipinski definition) is 5. The van der Waals surface area contributed by atoms with Crippen LogP contribution in [0.3, 0.4) is 0 Å². The van der Waals surface area contributed by atoms with E-state index < -0.39 is 12.0 Å². The third-order valence-electron chi connectivity index (χ3n) is 6.17. The van der Waals surface area contributed by atoms with Crippen molar-refractivity contribution in [3.63, 3.8) is 0 Å². The molecular weight excluding hydrogens is 408 g/mol. The Morgan fingerprint density at radius 1 is 1.12 bits per heavy atom. The van der Waals surface area contributed by atoms with Crippen molar-refractivity contribution >= 4 is 22.8 Å².